The number of benzene rings is 1. The van der Waals surface area contributed by atoms with Crippen LogP contribution >= 0.6 is 11.6 Å². The first-order chi connectivity index (χ1) is 6.12. The van der Waals surface area contributed by atoms with Gasteiger partial charge in [-0.25, -0.2) is 0 Å². The summed E-state index contributed by atoms with van der Waals surface area (Å²) in [5.41, 5.74) is 0.218. The molecule has 1 unspecified atom stereocenters. The number of methoxy groups -OCH3 is 1. The third-order valence-electron chi connectivity index (χ3n) is 2.19. The predicted octanol–water partition coefficient (Wildman–Crippen LogP) is 2.19. The molecule has 3 heteroatoms. The molecule has 0 heterocycles. The van der Waals surface area contributed by atoms with Crippen molar-refractivity contribution in [1.82, 2.24) is 0 Å². The van der Waals surface area contributed by atoms with Crippen molar-refractivity contribution in [2.24, 2.45) is 0 Å². The molecule has 1 aromatic carbocycles. The summed E-state index contributed by atoms with van der Waals surface area (Å²) in [6.07, 6.45) is 0. The van der Waals surface area contributed by atoms with E-state index in [1.165, 1.54) is 0 Å². The van der Waals surface area contributed by atoms with Crippen molar-refractivity contribution in [2.45, 2.75) is 12.5 Å². The second kappa shape index (κ2) is 4.09. The lowest BCUT2D eigenvalue weighted by Gasteiger charge is -2.26. The number of aliphatic hydroxyl groups is 1. The van der Waals surface area contributed by atoms with Gasteiger partial charge in [0.1, 0.15) is 5.60 Å². The van der Waals surface area contributed by atoms with Crippen molar-refractivity contribution in [3.8, 4) is 0 Å². The van der Waals surface area contributed by atoms with E-state index in [9.17, 15) is 0 Å². The molecule has 0 saturated carbocycles. The van der Waals surface area contributed by atoms with Crippen molar-refractivity contribution >= 4 is 11.6 Å². The summed E-state index contributed by atoms with van der Waals surface area (Å²) in [6.45, 7) is 1.75. The van der Waals surface area contributed by atoms with Crippen molar-refractivity contribution < 1.29 is 9.84 Å². The Morgan fingerprint density at radius 1 is 1.54 bits per heavy atom. The highest BCUT2D eigenvalue weighted by Gasteiger charge is 2.24. The van der Waals surface area contributed by atoms with E-state index in [-0.39, 0.29) is 6.61 Å². The number of ether oxygens (including phenoxy) is 1. The number of rotatable bonds is 3. The Labute approximate surface area is 83.1 Å². The zero-order chi connectivity index (χ0) is 9.90. The first-order valence-corrected chi connectivity index (χ1v) is 4.42. The Morgan fingerprint density at radius 3 is 2.69 bits per heavy atom. The molecule has 0 saturated heterocycles. The fourth-order valence-electron chi connectivity index (χ4n) is 1.09. The van der Waals surface area contributed by atoms with E-state index in [1.807, 2.05) is 19.1 Å². The highest BCUT2D eigenvalue weighted by atomic mass is 35.5. The highest BCUT2D eigenvalue weighted by Crippen LogP contribution is 2.25. The SMILES string of the molecule is COC(C)(CO)c1cccc(Cl)c1. The largest absolute Gasteiger partial charge is 0.393 e. The van der Waals surface area contributed by atoms with Gasteiger partial charge in [0.15, 0.2) is 0 Å². The van der Waals surface area contributed by atoms with Gasteiger partial charge in [-0.05, 0) is 24.6 Å². The molecule has 0 bridgehead atoms. The standard InChI is InChI=1S/C10H13ClO2/c1-10(7-12,13-2)8-4-3-5-9(11)6-8/h3-6,12H,7H2,1-2H3. The minimum Gasteiger partial charge on any atom is -0.393 e. The third kappa shape index (κ3) is 2.21. The van der Waals surface area contributed by atoms with E-state index >= 15 is 0 Å². The van der Waals surface area contributed by atoms with Crippen LogP contribution in [0, 0.1) is 0 Å². The Bertz CT molecular complexity index is 282. The Morgan fingerprint density at radius 2 is 2.23 bits per heavy atom. The smallest absolute Gasteiger partial charge is 0.113 e. The zero-order valence-corrected chi connectivity index (χ0v) is 8.51. The first-order valence-electron chi connectivity index (χ1n) is 4.04. The van der Waals surface area contributed by atoms with Gasteiger partial charge < -0.3 is 9.84 Å². The van der Waals surface area contributed by atoms with E-state index in [0.29, 0.717) is 5.02 Å². The molecule has 0 aliphatic heterocycles. The molecule has 1 rings (SSSR count). The summed E-state index contributed by atoms with van der Waals surface area (Å²) in [5.74, 6) is 0. The van der Waals surface area contributed by atoms with Crippen molar-refractivity contribution in [1.29, 1.82) is 0 Å². The summed E-state index contributed by atoms with van der Waals surface area (Å²) in [7, 11) is 1.57. The van der Waals surface area contributed by atoms with Gasteiger partial charge in [-0.2, -0.15) is 0 Å². The number of aliphatic hydroxyl groups excluding tert-OH is 1. The lowest BCUT2D eigenvalue weighted by atomic mass is 9.97. The average Bonchev–Trinajstić information content (AvgIpc) is 2.17. The van der Waals surface area contributed by atoms with Crippen molar-refractivity contribution in [3.63, 3.8) is 0 Å². The van der Waals surface area contributed by atoms with Crippen molar-refractivity contribution in [2.75, 3.05) is 13.7 Å². The van der Waals surface area contributed by atoms with E-state index in [4.69, 9.17) is 21.4 Å². The second-order valence-electron chi connectivity index (χ2n) is 3.10. The Balaban J connectivity index is 3.05. The summed E-state index contributed by atoms with van der Waals surface area (Å²) >= 11 is 5.83. The number of halogens is 1. The van der Waals surface area contributed by atoms with Gasteiger partial charge in [0.2, 0.25) is 0 Å². The fraction of sp³-hybridized carbons (Fsp3) is 0.400. The highest BCUT2D eigenvalue weighted by molar-refractivity contribution is 6.30. The predicted molar refractivity (Wildman–Crippen MR) is 52.9 cm³/mol. The fourth-order valence-corrected chi connectivity index (χ4v) is 1.28. The van der Waals surface area contributed by atoms with Gasteiger partial charge in [-0.15, -0.1) is 0 Å². The topological polar surface area (TPSA) is 29.5 Å². The lowest BCUT2D eigenvalue weighted by molar-refractivity contribution is -0.0422. The first kappa shape index (κ1) is 10.5. The van der Waals surface area contributed by atoms with Crippen LogP contribution in [0.2, 0.25) is 5.02 Å². The van der Waals surface area contributed by atoms with Crippen LogP contribution in [-0.4, -0.2) is 18.8 Å². The molecule has 0 fully saturated rings. The average molecular weight is 201 g/mol. The van der Waals surface area contributed by atoms with Crippen LogP contribution in [0.5, 0.6) is 0 Å². The van der Waals surface area contributed by atoms with Crippen LogP contribution in [0.3, 0.4) is 0 Å². The molecule has 0 aromatic heterocycles. The van der Waals surface area contributed by atoms with Crippen LogP contribution in [0.1, 0.15) is 12.5 Å². The molecule has 0 aliphatic carbocycles. The van der Waals surface area contributed by atoms with Crippen LogP contribution in [0.25, 0.3) is 0 Å². The molecule has 1 atom stereocenters. The third-order valence-corrected chi connectivity index (χ3v) is 2.42. The molecular formula is C10H13ClO2. The molecule has 72 valence electrons. The number of hydrogen-bond acceptors (Lipinski definition) is 2. The molecule has 1 N–H and O–H groups in total. The molecule has 0 aliphatic rings. The molecule has 2 nitrogen and oxygen atoms in total. The molecule has 0 radical (unpaired) electrons. The minimum atomic E-state index is -0.662. The van der Waals surface area contributed by atoms with Crippen LogP contribution in [-0.2, 0) is 10.3 Å². The van der Waals surface area contributed by atoms with Gasteiger partial charge in [0.05, 0.1) is 6.61 Å². The quantitative estimate of drug-likeness (QED) is 0.811. The monoisotopic (exact) mass is 200 g/mol. The maximum absolute atomic E-state index is 9.16. The Hall–Kier alpha value is -0.570. The maximum Gasteiger partial charge on any atom is 0.113 e. The van der Waals surface area contributed by atoms with Gasteiger partial charge in [-0.1, -0.05) is 23.7 Å². The maximum atomic E-state index is 9.16. The summed E-state index contributed by atoms with van der Waals surface area (Å²) in [6, 6.07) is 7.30. The summed E-state index contributed by atoms with van der Waals surface area (Å²) in [4.78, 5) is 0. The van der Waals surface area contributed by atoms with Crippen LogP contribution < -0.4 is 0 Å². The molecule has 0 amide bonds. The molecular weight excluding hydrogens is 188 g/mol. The lowest BCUT2D eigenvalue weighted by Crippen LogP contribution is -2.28. The molecule has 13 heavy (non-hydrogen) atoms. The molecule has 0 spiro atoms. The van der Waals surface area contributed by atoms with E-state index in [2.05, 4.69) is 0 Å². The summed E-state index contributed by atoms with van der Waals surface area (Å²) in [5, 5.41) is 9.81. The number of hydrogen-bond donors (Lipinski definition) is 1. The minimum absolute atomic E-state index is 0.0656. The van der Waals surface area contributed by atoms with Gasteiger partial charge in [0, 0.05) is 12.1 Å². The van der Waals surface area contributed by atoms with Gasteiger partial charge in [-0.3, -0.25) is 0 Å². The van der Waals surface area contributed by atoms with Crippen molar-refractivity contribution in [3.05, 3.63) is 34.9 Å². The summed E-state index contributed by atoms with van der Waals surface area (Å²) < 4.78 is 5.22. The van der Waals surface area contributed by atoms with Crippen LogP contribution in [0.4, 0.5) is 0 Å². The van der Waals surface area contributed by atoms with Crippen LogP contribution in [0.15, 0.2) is 24.3 Å². The van der Waals surface area contributed by atoms with E-state index < -0.39 is 5.60 Å². The van der Waals surface area contributed by atoms with Gasteiger partial charge >= 0.3 is 0 Å². The van der Waals surface area contributed by atoms with E-state index in [0.717, 1.165) is 5.56 Å². The zero-order valence-electron chi connectivity index (χ0n) is 7.75. The second-order valence-corrected chi connectivity index (χ2v) is 3.54. The van der Waals surface area contributed by atoms with Gasteiger partial charge in [0.25, 0.3) is 0 Å². The normalized spacial score (nSPS) is 15.4. The molecule has 1 aromatic rings. The Kier molecular flexibility index (Phi) is 3.31. The van der Waals surface area contributed by atoms with E-state index in [1.54, 1.807) is 19.2 Å².